The summed E-state index contributed by atoms with van der Waals surface area (Å²) in [6.45, 7) is 10.0. The molecule has 28 nitrogen and oxygen atoms in total. The lowest BCUT2D eigenvalue weighted by Gasteiger charge is -2.28. The highest BCUT2D eigenvalue weighted by atomic mass is 32.2. The fraction of sp³-hybridized carbons (Fsp3) is 0.717. The van der Waals surface area contributed by atoms with Crippen LogP contribution in [-0.2, 0) is 62.3 Å². The molecule has 0 fully saturated rings. The monoisotopic (exact) mass is 1090 g/mol. The summed E-state index contributed by atoms with van der Waals surface area (Å²) in [6, 6.07) is -13.7. The van der Waals surface area contributed by atoms with E-state index in [1.807, 2.05) is 0 Å². The summed E-state index contributed by atoms with van der Waals surface area (Å²) < 4.78 is 0. The number of thioether (sulfide) groups is 1. The Bertz CT molecular complexity index is 1990. The van der Waals surface area contributed by atoms with Crippen molar-refractivity contribution in [2.24, 2.45) is 35.0 Å². The molecule has 0 saturated heterocycles. The van der Waals surface area contributed by atoms with Crippen molar-refractivity contribution in [1.82, 2.24) is 42.5 Å². The minimum absolute atomic E-state index is 0.0538. The number of nitrogens with one attached hydrogen (secondary N) is 8. The van der Waals surface area contributed by atoms with E-state index in [0.717, 1.165) is 0 Å². The van der Waals surface area contributed by atoms with Crippen LogP contribution in [0.1, 0.15) is 119 Å². The third-order valence-electron chi connectivity index (χ3n) is 11.3. The first-order valence-corrected chi connectivity index (χ1v) is 25.9. The number of unbranched alkanes of at least 4 members (excludes halogenated alkanes) is 1. The fourth-order valence-electron chi connectivity index (χ4n) is 6.95. The maximum Gasteiger partial charge on any atom is 0.326 e. The minimum atomic E-state index is -1.94. The Labute approximate surface area is 439 Å². The molecule has 0 aliphatic heterocycles. The van der Waals surface area contributed by atoms with E-state index in [1.54, 1.807) is 34.0 Å². The molecule has 0 rings (SSSR count). The number of carboxylic acids is 4. The van der Waals surface area contributed by atoms with Crippen molar-refractivity contribution in [3.8, 4) is 0 Å². The first kappa shape index (κ1) is 68.4. The van der Waals surface area contributed by atoms with Crippen molar-refractivity contribution in [3.05, 3.63) is 0 Å². The summed E-state index contributed by atoms with van der Waals surface area (Å²) in [4.78, 5) is 168. The van der Waals surface area contributed by atoms with Crippen LogP contribution >= 0.6 is 11.8 Å². The molecule has 0 spiro atoms. The van der Waals surface area contributed by atoms with Crippen LogP contribution < -0.4 is 59.7 Å². The highest BCUT2D eigenvalue weighted by Gasteiger charge is 2.36. The Morgan fingerprint density at radius 3 is 1.17 bits per heavy atom. The summed E-state index contributed by atoms with van der Waals surface area (Å²) in [5.41, 5.74) is 17.1. The molecule has 0 radical (unpaired) electrons. The number of hydrogen-bond acceptors (Lipinski definition) is 16. The molecule has 9 amide bonds. The van der Waals surface area contributed by atoms with Crippen LogP contribution in [0.2, 0.25) is 0 Å². The van der Waals surface area contributed by atoms with Gasteiger partial charge >= 0.3 is 23.9 Å². The van der Waals surface area contributed by atoms with Crippen molar-refractivity contribution in [3.63, 3.8) is 0 Å². The molecule has 426 valence electrons. The molecule has 29 heteroatoms. The molecule has 0 aromatic carbocycles. The molecule has 9 atom stereocenters. The summed E-state index contributed by atoms with van der Waals surface area (Å²) >= 11 is 1.28. The van der Waals surface area contributed by atoms with Crippen LogP contribution in [0.5, 0.6) is 0 Å². The van der Waals surface area contributed by atoms with Crippen LogP contribution in [0.3, 0.4) is 0 Å². The van der Waals surface area contributed by atoms with Crippen LogP contribution in [0, 0.1) is 17.8 Å². The van der Waals surface area contributed by atoms with Gasteiger partial charge in [-0.25, -0.2) is 4.79 Å². The summed E-state index contributed by atoms with van der Waals surface area (Å²) in [5.74, 6) is -15.8. The predicted octanol–water partition coefficient (Wildman–Crippen LogP) is -3.01. The van der Waals surface area contributed by atoms with E-state index in [1.165, 1.54) is 25.6 Å². The Balaban J connectivity index is 6.93. The van der Waals surface area contributed by atoms with Crippen LogP contribution in [0.4, 0.5) is 0 Å². The van der Waals surface area contributed by atoms with Gasteiger partial charge in [0, 0.05) is 19.3 Å². The van der Waals surface area contributed by atoms with Crippen molar-refractivity contribution in [2.75, 3.05) is 18.6 Å². The first-order valence-electron chi connectivity index (χ1n) is 24.5. The van der Waals surface area contributed by atoms with Gasteiger partial charge in [0.05, 0.1) is 12.5 Å². The second-order valence-electron chi connectivity index (χ2n) is 18.9. The summed E-state index contributed by atoms with van der Waals surface area (Å²) in [5, 5.41) is 57.0. The van der Waals surface area contributed by atoms with Gasteiger partial charge in [0.15, 0.2) is 0 Å². The minimum Gasteiger partial charge on any atom is -0.481 e. The van der Waals surface area contributed by atoms with Gasteiger partial charge in [0.25, 0.3) is 0 Å². The van der Waals surface area contributed by atoms with Crippen LogP contribution in [0.25, 0.3) is 0 Å². The van der Waals surface area contributed by atoms with E-state index in [4.69, 9.17) is 17.2 Å². The van der Waals surface area contributed by atoms with Crippen LogP contribution in [-0.4, -0.2) is 170 Å². The SMILES string of the molecule is CSCC[C@H](NC(=O)[C@H](CCC(N)=O)NC(=O)[C@H](CC(C)C)NC(=O)[C@@H](N)C(C)C)C(=O)N[C@@H](CCCCN)C(=O)N[C@@H](CCC(=O)O)C(=O)N[C@@H](CCC(=O)O)C(=O)N[C@@H](CC(=O)O)C(=O)N[C@H](C(=O)O)C(C)C. The van der Waals surface area contributed by atoms with Gasteiger partial charge in [-0.3, -0.25) is 57.5 Å². The summed E-state index contributed by atoms with van der Waals surface area (Å²) in [6.07, 6.45) is -2.51. The molecule has 0 aromatic rings. The zero-order chi connectivity index (χ0) is 57.7. The van der Waals surface area contributed by atoms with E-state index < -0.39 is 169 Å². The highest BCUT2D eigenvalue weighted by molar-refractivity contribution is 7.98. The van der Waals surface area contributed by atoms with Crippen molar-refractivity contribution in [1.29, 1.82) is 0 Å². The summed E-state index contributed by atoms with van der Waals surface area (Å²) in [7, 11) is 0. The Morgan fingerprint density at radius 1 is 0.453 bits per heavy atom. The normalized spacial score (nSPS) is 14.8. The smallest absolute Gasteiger partial charge is 0.326 e. The largest absolute Gasteiger partial charge is 0.481 e. The number of rotatable bonds is 39. The number of amides is 9. The maximum absolute atomic E-state index is 14.1. The zero-order valence-corrected chi connectivity index (χ0v) is 44.4. The zero-order valence-electron chi connectivity index (χ0n) is 43.6. The molecular formula is C46H79N11O17S. The fourth-order valence-corrected chi connectivity index (χ4v) is 7.42. The molecule has 0 aliphatic carbocycles. The van der Waals surface area contributed by atoms with E-state index in [9.17, 15) is 82.8 Å². The van der Waals surface area contributed by atoms with Gasteiger partial charge in [0.2, 0.25) is 53.2 Å². The number of carbonyl (C=O) groups is 13. The van der Waals surface area contributed by atoms with Crippen LogP contribution in [0.15, 0.2) is 0 Å². The lowest BCUT2D eigenvalue weighted by molar-refractivity contribution is -0.144. The second kappa shape index (κ2) is 35.6. The Kier molecular flexibility index (Phi) is 32.4. The molecule has 18 N–H and O–H groups in total. The van der Waals surface area contributed by atoms with Gasteiger partial charge in [0.1, 0.15) is 48.3 Å². The maximum atomic E-state index is 14.1. The number of nitrogens with two attached hydrogens (primary N) is 3. The third kappa shape index (κ3) is 28.0. The average molecular weight is 1090 g/mol. The molecule has 0 heterocycles. The van der Waals surface area contributed by atoms with Gasteiger partial charge in [-0.2, -0.15) is 11.8 Å². The standard InChI is InChI=1S/C46H79N11O17S/c1-22(2)20-30(56-45(72)36(49)23(3)4)43(70)53-26(11-14-32(48)58)39(66)54-29(17-19-75-7)42(69)50-25(10-8-9-18-47)38(65)51-27(12-15-33(59)60)40(67)52-28(13-16-34(61)62)41(68)55-31(21-35(63)64)44(71)57-37(24(5)6)46(73)74/h22-31,36-37H,8-21,47,49H2,1-7H3,(H2,48,58)(H,50,69)(H,51,65)(H,52,67)(H,53,70)(H,54,66)(H,55,68)(H,56,72)(H,57,71)(H,59,60)(H,61,62)(H,63,64)(H,73,74)/t25-,26-,27-,28-,29-,30-,31-,36-,37-/m0/s1. The van der Waals surface area contributed by atoms with Crippen molar-refractivity contribution >= 4 is 88.8 Å². The van der Waals surface area contributed by atoms with Gasteiger partial charge in [-0.15, -0.1) is 0 Å². The molecule has 0 saturated carbocycles. The number of primary amides is 1. The van der Waals surface area contributed by atoms with Crippen molar-refractivity contribution < 1.29 is 82.8 Å². The van der Waals surface area contributed by atoms with E-state index in [0.29, 0.717) is 6.42 Å². The Hall–Kier alpha value is -6.62. The lowest BCUT2D eigenvalue weighted by Crippen LogP contribution is -2.60. The van der Waals surface area contributed by atoms with Gasteiger partial charge < -0.3 is 80.2 Å². The molecule has 75 heavy (non-hydrogen) atoms. The van der Waals surface area contributed by atoms with Gasteiger partial charge in [-0.05, 0) is 87.7 Å². The third-order valence-corrected chi connectivity index (χ3v) is 11.9. The molecule has 0 aromatic heterocycles. The molecule has 0 aliphatic rings. The Morgan fingerprint density at radius 2 is 0.827 bits per heavy atom. The lowest BCUT2D eigenvalue weighted by atomic mass is 10.00. The van der Waals surface area contributed by atoms with E-state index >= 15 is 0 Å². The number of carbonyl (C=O) groups excluding carboxylic acids is 9. The molecular weight excluding hydrogens is 1010 g/mol. The quantitative estimate of drug-likeness (QED) is 0.0273. The molecule has 0 unspecified atom stereocenters. The average Bonchev–Trinajstić information content (AvgIpc) is 3.30. The molecule has 0 bridgehead atoms. The van der Waals surface area contributed by atoms with Gasteiger partial charge in [-0.1, -0.05) is 41.5 Å². The number of hydrogen-bond donors (Lipinski definition) is 15. The first-order chi connectivity index (χ1) is 34.9. The number of aliphatic carboxylic acids is 4. The van der Waals surface area contributed by atoms with E-state index in [-0.39, 0.29) is 62.7 Å². The number of carboxylic acid groups (broad SMARTS) is 4. The highest BCUT2D eigenvalue weighted by Crippen LogP contribution is 2.12. The van der Waals surface area contributed by atoms with Crippen molar-refractivity contribution in [2.45, 2.75) is 173 Å². The predicted molar refractivity (Wildman–Crippen MR) is 271 cm³/mol. The topological polar surface area (TPSA) is 477 Å². The van der Waals surface area contributed by atoms with E-state index in [2.05, 4.69) is 42.5 Å². The second-order valence-corrected chi connectivity index (χ2v) is 19.9.